The van der Waals surface area contributed by atoms with Crippen LogP contribution in [0.1, 0.15) is 24.2 Å². The molecule has 4 rings (SSSR count). The molecule has 0 radical (unpaired) electrons. The smallest absolute Gasteiger partial charge is 0.162 e. The minimum atomic E-state index is -0.264. The second kappa shape index (κ2) is 10.7. The van der Waals surface area contributed by atoms with Crippen molar-refractivity contribution in [3.63, 3.8) is 0 Å². The molecular formula is C26H28ClNO3. The zero-order valence-electron chi connectivity index (χ0n) is 17.7. The fourth-order valence-electron chi connectivity index (χ4n) is 3.89. The van der Waals surface area contributed by atoms with Gasteiger partial charge < -0.3 is 14.2 Å². The fraction of sp³-hybridized carbons (Fsp3) is 0.308. The average Bonchev–Trinajstić information content (AvgIpc) is 2.80. The summed E-state index contributed by atoms with van der Waals surface area (Å²) in [4.78, 5) is 2.42. The van der Waals surface area contributed by atoms with Crippen LogP contribution in [0.4, 0.5) is 0 Å². The molecule has 1 aliphatic rings. The molecule has 3 aromatic rings. The van der Waals surface area contributed by atoms with Gasteiger partial charge >= 0.3 is 0 Å². The van der Waals surface area contributed by atoms with Gasteiger partial charge in [-0.3, -0.25) is 4.90 Å². The summed E-state index contributed by atoms with van der Waals surface area (Å²) in [5.41, 5.74) is 2.38. The molecule has 162 valence electrons. The molecule has 1 heterocycles. The highest BCUT2D eigenvalue weighted by Gasteiger charge is 2.31. The van der Waals surface area contributed by atoms with Crippen LogP contribution in [-0.2, 0) is 11.3 Å². The van der Waals surface area contributed by atoms with Gasteiger partial charge in [0.1, 0.15) is 6.10 Å². The van der Waals surface area contributed by atoms with Gasteiger partial charge in [-0.2, -0.15) is 0 Å². The van der Waals surface area contributed by atoms with Crippen LogP contribution < -0.4 is 9.47 Å². The minimum absolute atomic E-state index is 0.106. The van der Waals surface area contributed by atoms with Crippen molar-refractivity contribution in [2.75, 3.05) is 26.3 Å². The van der Waals surface area contributed by atoms with Gasteiger partial charge in [0.05, 0.1) is 13.2 Å². The molecule has 2 atom stereocenters. The third-order valence-electron chi connectivity index (χ3n) is 5.35. The number of hydrogen-bond acceptors (Lipinski definition) is 4. The average molecular weight is 438 g/mol. The third-order valence-corrected chi connectivity index (χ3v) is 5.59. The predicted octanol–water partition coefficient (Wildman–Crippen LogP) is 5.76. The van der Waals surface area contributed by atoms with Gasteiger partial charge in [-0.15, -0.1) is 0 Å². The van der Waals surface area contributed by atoms with E-state index >= 15 is 0 Å². The lowest BCUT2D eigenvalue weighted by molar-refractivity contribution is -0.0843. The van der Waals surface area contributed by atoms with Crippen LogP contribution in [0.25, 0.3) is 0 Å². The molecule has 1 saturated heterocycles. The molecule has 5 heteroatoms. The molecular weight excluding hydrogens is 410 g/mol. The Hall–Kier alpha value is -2.53. The Morgan fingerprint density at radius 3 is 2.48 bits per heavy atom. The second-order valence-corrected chi connectivity index (χ2v) is 8.04. The summed E-state index contributed by atoms with van der Waals surface area (Å²) in [6.07, 6.45) is -0.370. The number of benzene rings is 3. The van der Waals surface area contributed by atoms with Crippen LogP contribution in [0.3, 0.4) is 0 Å². The van der Waals surface area contributed by atoms with E-state index in [1.54, 1.807) is 6.07 Å². The van der Waals surface area contributed by atoms with Gasteiger partial charge in [-0.25, -0.2) is 0 Å². The molecule has 1 aliphatic heterocycles. The molecule has 0 bridgehead atoms. The lowest BCUT2D eigenvalue weighted by atomic mass is 10.0. The maximum atomic E-state index is 6.54. The quantitative estimate of drug-likeness (QED) is 0.448. The summed E-state index contributed by atoms with van der Waals surface area (Å²) >= 11 is 6.18. The van der Waals surface area contributed by atoms with Crippen molar-refractivity contribution >= 4 is 11.6 Å². The first-order chi connectivity index (χ1) is 15.2. The summed E-state index contributed by atoms with van der Waals surface area (Å²) in [5.74, 6) is 1.32. The number of ether oxygens (including phenoxy) is 3. The molecule has 0 amide bonds. The minimum Gasteiger partial charge on any atom is -0.490 e. The summed E-state index contributed by atoms with van der Waals surface area (Å²) in [5, 5.41) is 0.620. The molecule has 31 heavy (non-hydrogen) atoms. The van der Waals surface area contributed by atoms with E-state index in [0.29, 0.717) is 29.7 Å². The Labute approximate surface area is 189 Å². The van der Waals surface area contributed by atoms with E-state index < -0.39 is 0 Å². The molecule has 1 unspecified atom stereocenters. The molecule has 0 saturated carbocycles. The zero-order valence-corrected chi connectivity index (χ0v) is 18.5. The second-order valence-electron chi connectivity index (χ2n) is 7.60. The van der Waals surface area contributed by atoms with Crippen LogP contribution in [0.5, 0.6) is 11.5 Å². The Kier molecular flexibility index (Phi) is 7.47. The largest absolute Gasteiger partial charge is 0.490 e. The molecule has 0 aromatic heterocycles. The van der Waals surface area contributed by atoms with Crippen molar-refractivity contribution in [1.29, 1.82) is 0 Å². The number of rotatable bonds is 8. The number of nitrogens with zero attached hydrogens (tertiary/aromatic N) is 1. The normalized spacial score (nSPS) is 17.8. The first kappa shape index (κ1) is 21.7. The first-order valence-electron chi connectivity index (χ1n) is 10.7. The van der Waals surface area contributed by atoms with E-state index in [4.69, 9.17) is 25.8 Å². The first-order valence-corrected chi connectivity index (χ1v) is 11.1. The van der Waals surface area contributed by atoms with Crippen molar-refractivity contribution in [3.8, 4) is 11.5 Å². The lowest BCUT2D eigenvalue weighted by Crippen LogP contribution is -2.45. The van der Waals surface area contributed by atoms with E-state index in [1.807, 2.05) is 43.3 Å². The van der Waals surface area contributed by atoms with Gasteiger partial charge in [-0.1, -0.05) is 72.3 Å². The highest BCUT2D eigenvalue weighted by molar-refractivity contribution is 6.30. The van der Waals surface area contributed by atoms with Crippen molar-refractivity contribution in [2.45, 2.75) is 25.7 Å². The summed E-state index contributed by atoms with van der Waals surface area (Å²) < 4.78 is 18.5. The Bertz CT molecular complexity index is 951. The van der Waals surface area contributed by atoms with Crippen molar-refractivity contribution in [2.24, 2.45) is 0 Å². The van der Waals surface area contributed by atoms with Gasteiger partial charge in [0.25, 0.3) is 0 Å². The maximum Gasteiger partial charge on any atom is 0.162 e. The van der Waals surface area contributed by atoms with Crippen LogP contribution in [0.2, 0.25) is 5.02 Å². The zero-order chi connectivity index (χ0) is 21.5. The van der Waals surface area contributed by atoms with Crippen molar-refractivity contribution in [1.82, 2.24) is 4.90 Å². The highest BCUT2D eigenvalue weighted by Crippen LogP contribution is 2.36. The van der Waals surface area contributed by atoms with E-state index in [9.17, 15) is 0 Å². The lowest BCUT2D eigenvalue weighted by Gasteiger charge is -2.37. The summed E-state index contributed by atoms with van der Waals surface area (Å²) in [6, 6.07) is 26.3. The van der Waals surface area contributed by atoms with E-state index in [1.165, 1.54) is 5.56 Å². The fourth-order valence-corrected chi connectivity index (χ4v) is 4.05. The Morgan fingerprint density at radius 2 is 1.74 bits per heavy atom. The number of morpholine rings is 1. The van der Waals surface area contributed by atoms with Crippen molar-refractivity contribution < 1.29 is 14.2 Å². The molecule has 0 aliphatic carbocycles. The highest BCUT2D eigenvalue weighted by atomic mass is 35.5. The van der Waals surface area contributed by atoms with Crippen LogP contribution in [0.15, 0.2) is 78.9 Å². The summed E-state index contributed by atoms with van der Waals surface area (Å²) in [6.45, 7) is 5.74. The van der Waals surface area contributed by atoms with Gasteiger partial charge in [0.2, 0.25) is 0 Å². The molecule has 3 aromatic carbocycles. The maximum absolute atomic E-state index is 6.54. The van der Waals surface area contributed by atoms with E-state index in [-0.39, 0.29) is 12.2 Å². The molecule has 0 spiro atoms. The number of halogens is 1. The van der Waals surface area contributed by atoms with E-state index in [2.05, 4.69) is 41.3 Å². The molecule has 1 fully saturated rings. The van der Waals surface area contributed by atoms with E-state index in [0.717, 1.165) is 25.2 Å². The monoisotopic (exact) mass is 437 g/mol. The molecule has 0 N–H and O–H groups in total. The standard InChI is InChI=1S/C26H28ClNO3/c1-2-29-24-17-22(27)13-14-23(24)31-26(21-11-7-4-8-12-21)25-19-28(15-16-30-25)18-20-9-5-3-6-10-20/h3-14,17,25-26H,2,15-16,18-19H2,1H3/t25-,26?/m0/s1. The third kappa shape index (κ3) is 5.79. The Balaban J connectivity index is 1.57. The van der Waals surface area contributed by atoms with Crippen molar-refractivity contribution in [3.05, 3.63) is 95.0 Å². The molecule has 4 nitrogen and oxygen atoms in total. The van der Waals surface area contributed by atoms with Gasteiger partial charge in [-0.05, 0) is 30.2 Å². The van der Waals surface area contributed by atoms with Gasteiger partial charge in [0, 0.05) is 30.7 Å². The SMILES string of the molecule is CCOc1cc(Cl)ccc1OC(c1ccccc1)[C@@H]1CN(Cc2ccccc2)CCO1. The predicted molar refractivity (Wildman–Crippen MR) is 124 cm³/mol. The topological polar surface area (TPSA) is 30.9 Å². The van der Waals surface area contributed by atoms with Crippen LogP contribution in [-0.4, -0.2) is 37.3 Å². The van der Waals surface area contributed by atoms with Crippen LogP contribution >= 0.6 is 11.6 Å². The summed E-state index contributed by atoms with van der Waals surface area (Å²) in [7, 11) is 0. The Morgan fingerprint density at radius 1 is 1.00 bits per heavy atom. The number of hydrogen-bond donors (Lipinski definition) is 0. The van der Waals surface area contributed by atoms with Crippen LogP contribution in [0, 0.1) is 0 Å². The van der Waals surface area contributed by atoms with Gasteiger partial charge in [0.15, 0.2) is 17.6 Å².